The van der Waals surface area contributed by atoms with E-state index in [1.807, 2.05) is 0 Å². The second-order valence-corrected chi connectivity index (χ2v) is 2.94. The number of hydrogen-bond donors (Lipinski definition) is 2. The van der Waals surface area contributed by atoms with Gasteiger partial charge in [0.05, 0.1) is 0 Å². The molecule has 0 rings (SSSR count). The molecule has 0 atom stereocenters. The maximum Gasteiger partial charge on any atom is 0.394 e. The highest BCUT2D eigenvalue weighted by atomic mass is 31.2. The molecule has 0 spiro atoms. The van der Waals surface area contributed by atoms with E-state index in [9.17, 15) is 4.79 Å². The van der Waals surface area contributed by atoms with E-state index in [-0.39, 0.29) is 0 Å². The molecule has 2 N–H and O–H groups in total. The molecule has 0 radical (unpaired) electrons. The van der Waals surface area contributed by atoms with Crippen LogP contribution in [0.3, 0.4) is 0 Å². The Kier molecular flexibility index (Phi) is 4.26. The fourth-order valence-corrected chi connectivity index (χ4v) is 0.632. The molecule has 0 aliphatic heterocycles. The molecule has 5 heteroatoms. The Morgan fingerprint density at radius 2 is 1.73 bits per heavy atom. The number of rotatable bonds is 2. The van der Waals surface area contributed by atoms with Crippen molar-refractivity contribution in [2.24, 2.45) is 0 Å². The summed E-state index contributed by atoms with van der Waals surface area (Å²) < 4.78 is 4.15. The molecule has 4 nitrogen and oxygen atoms in total. The van der Waals surface area contributed by atoms with Gasteiger partial charge in [-0.25, -0.2) is 4.79 Å². The van der Waals surface area contributed by atoms with Gasteiger partial charge in [0, 0.05) is 5.57 Å². The largest absolute Gasteiger partial charge is 0.394 e. The van der Waals surface area contributed by atoms with E-state index < -0.39 is 14.6 Å². The molecule has 0 aromatic rings. The van der Waals surface area contributed by atoms with Crippen molar-refractivity contribution in [3.63, 3.8) is 0 Å². The Bertz CT molecular complexity index is 181. The maximum atomic E-state index is 10.8. The standard InChI is InChI=1S/C6H11O4P/c1-4(2)5(3)6(7)10-11(8)9/h8-9H,1-3H3. The minimum atomic E-state index is -2.58. The first-order valence-corrected chi connectivity index (χ1v) is 4.16. The van der Waals surface area contributed by atoms with E-state index in [1.54, 1.807) is 20.8 Å². The molecule has 0 aromatic carbocycles. The molecule has 0 aliphatic carbocycles. The monoisotopic (exact) mass is 178 g/mol. The molecule has 64 valence electrons. The van der Waals surface area contributed by atoms with E-state index in [4.69, 9.17) is 9.79 Å². The lowest BCUT2D eigenvalue weighted by Crippen LogP contribution is -2.02. The van der Waals surface area contributed by atoms with Gasteiger partial charge in [-0.05, 0) is 20.8 Å². The summed E-state index contributed by atoms with van der Waals surface area (Å²) in [5.41, 5.74) is 1.20. The molecule has 0 heterocycles. The Morgan fingerprint density at radius 3 is 2.00 bits per heavy atom. The molecule has 0 saturated carbocycles. The van der Waals surface area contributed by atoms with Gasteiger partial charge in [0.1, 0.15) is 0 Å². The lowest BCUT2D eigenvalue weighted by atomic mass is 10.2. The highest BCUT2D eigenvalue weighted by molar-refractivity contribution is 7.40. The number of carbonyl (C=O) groups excluding carboxylic acids is 1. The molecule has 11 heavy (non-hydrogen) atoms. The van der Waals surface area contributed by atoms with Crippen molar-refractivity contribution in [2.75, 3.05) is 0 Å². The molecule has 0 bridgehead atoms. The van der Waals surface area contributed by atoms with Gasteiger partial charge in [-0.1, -0.05) is 5.57 Å². The fourth-order valence-electron chi connectivity index (χ4n) is 0.347. The smallest absolute Gasteiger partial charge is 0.391 e. The van der Waals surface area contributed by atoms with Gasteiger partial charge in [0.2, 0.25) is 0 Å². The van der Waals surface area contributed by atoms with Gasteiger partial charge < -0.3 is 14.3 Å². The minimum absolute atomic E-state index is 0.403. The normalized spacial score (nSPS) is 9.64. The summed E-state index contributed by atoms with van der Waals surface area (Å²) >= 11 is 0. The van der Waals surface area contributed by atoms with Crippen LogP contribution in [0.25, 0.3) is 0 Å². The predicted molar refractivity (Wildman–Crippen MR) is 41.5 cm³/mol. The van der Waals surface area contributed by atoms with Crippen LogP contribution in [0.2, 0.25) is 0 Å². The summed E-state index contributed by atoms with van der Waals surface area (Å²) in [6.45, 7) is 5.05. The highest BCUT2D eigenvalue weighted by Gasteiger charge is 2.11. The van der Waals surface area contributed by atoms with Gasteiger partial charge in [-0.2, -0.15) is 0 Å². The Morgan fingerprint density at radius 1 is 1.27 bits per heavy atom. The summed E-state index contributed by atoms with van der Waals surface area (Å²) in [5, 5.41) is 0. The van der Waals surface area contributed by atoms with Crippen molar-refractivity contribution in [3.8, 4) is 0 Å². The zero-order valence-electron chi connectivity index (χ0n) is 6.66. The van der Waals surface area contributed by atoms with Crippen molar-refractivity contribution in [3.05, 3.63) is 11.1 Å². The molecule has 0 saturated heterocycles. The SMILES string of the molecule is CC(C)=C(C)C(=O)OP(O)O. The van der Waals surface area contributed by atoms with Crippen molar-refractivity contribution in [2.45, 2.75) is 20.8 Å². The number of carbonyl (C=O) groups is 1. The third kappa shape index (κ3) is 4.09. The summed E-state index contributed by atoms with van der Waals surface area (Å²) in [5.74, 6) is -0.680. The van der Waals surface area contributed by atoms with Crippen molar-refractivity contribution >= 4 is 14.6 Å². The van der Waals surface area contributed by atoms with Gasteiger partial charge in [0.15, 0.2) is 0 Å². The third-order valence-electron chi connectivity index (χ3n) is 1.22. The van der Waals surface area contributed by atoms with E-state index in [1.165, 1.54) is 0 Å². The molecule has 0 unspecified atom stereocenters. The first-order chi connectivity index (χ1) is 4.95. The Balaban J connectivity index is 4.17. The summed E-state index contributed by atoms with van der Waals surface area (Å²) in [7, 11) is -2.58. The first-order valence-electron chi connectivity index (χ1n) is 2.99. The van der Waals surface area contributed by atoms with Crippen LogP contribution in [0.1, 0.15) is 20.8 Å². The summed E-state index contributed by atoms with van der Waals surface area (Å²) in [6.07, 6.45) is 0. The molecular formula is C6H11O4P. The van der Waals surface area contributed by atoms with Crippen molar-refractivity contribution in [1.29, 1.82) is 0 Å². The first kappa shape index (κ1) is 10.6. The van der Waals surface area contributed by atoms with Crippen LogP contribution in [0, 0.1) is 0 Å². The van der Waals surface area contributed by atoms with Gasteiger partial charge in [-0.3, -0.25) is 0 Å². The second-order valence-electron chi connectivity index (χ2n) is 2.26. The van der Waals surface area contributed by atoms with Gasteiger partial charge in [-0.15, -0.1) is 0 Å². The molecule has 0 amide bonds. The van der Waals surface area contributed by atoms with Gasteiger partial charge >= 0.3 is 14.6 Å². The van der Waals surface area contributed by atoms with E-state index in [2.05, 4.69) is 4.52 Å². The molecule has 0 fully saturated rings. The molecule has 0 aliphatic rings. The van der Waals surface area contributed by atoms with Crippen LogP contribution in [-0.4, -0.2) is 15.8 Å². The average Bonchev–Trinajstić information content (AvgIpc) is 1.84. The number of allylic oxidation sites excluding steroid dienone is 1. The fraction of sp³-hybridized carbons (Fsp3) is 0.500. The van der Waals surface area contributed by atoms with Crippen molar-refractivity contribution < 1.29 is 19.1 Å². The Hall–Kier alpha value is -0.440. The molecular weight excluding hydrogens is 167 g/mol. The zero-order valence-corrected chi connectivity index (χ0v) is 7.55. The van der Waals surface area contributed by atoms with E-state index in [0.29, 0.717) is 5.57 Å². The maximum absolute atomic E-state index is 10.8. The van der Waals surface area contributed by atoms with Crippen LogP contribution in [0.15, 0.2) is 11.1 Å². The quantitative estimate of drug-likeness (QED) is 0.490. The predicted octanol–water partition coefficient (Wildman–Crippen LogP) is 1.10. The lowest BCUT2D eigenvalue weighted by molar-refractivity contribution is -0.130. The lowest BCUT2D eigenvalue weighted by Gasteiger charge is -2.04. The van der Waals surface area contributed by atoms with Crippen molar-refractivity contribution in [1.82, 2.24) is 0 Å². The second kappa shape index (κ2) is 4.44. The van der Waals surface area contributed by atoms with Gasteiger partial charge in [0.25, 0.3) is 0 Å². The topological polar surface area (TPSA) is 66.8 Å². The minimum Gasteiger partial charge on any atom is -0.391 e. The zero-order chi connectivity index (χ0) is 9.02. The van der Waals surface area contributed by atoms with Crippen LogP contribution in [0.5, 0.6) is 0 Å². The highest BCUT2D eigenvalue weighted by Crippen LogP contribution is 2.26. The summed E-state index contributed by atoms with van der Waals surface area (Å²) in [6, 6.07) is 0. The van der Waals surface area contributed by atoms with E-state index in [0.717, 1.165) is 5.57 Å². The van der Waals surface area contributed by atoms with Crippen LogP contribution >= 0.6 is 8.60 Å². The average molecular weight is 178 g/mol. The Labute approximate surface area is 66.5 Å². The van der Waals surface area contributed by atoms with E-state index >= 15 is 0 Å². The number of hydrogen-bond acceptors (Lipinski definition) is 4. The van der Waals surface area contributed by atoms with Crippen LogP contribution in [0.4, 0.5) is 0 Å². The summed E-state index contributed by atoms with van der Waals surface area (Å²) in [4.78, 5) is 27.4. The van der Waals surface area contributed by atoms with Crippen LogP contribution < -0.4 is 0 Å². The third-order valence-corrected chi connectivity index (χ3v) is 1.55. The van der Waals surface area contributed by atoms with Crippen LogP contribution in [-0.2, 0) is 9.32 Å². The molecule has 0 aromatic heterocycles.